The van der Waals surface area contributed by atoms with Crippen LogP contribution in [0.15, 0.2) is 0 Å². The molecule has 5 heteroatoms. The number of hydrogen-bond donors (Lipinski definition) is 1. The van der Waals surface area contributed by atoms with Crippen molar-refractivity contribution in [3.63, 3.8) is 0 Å². The normalized spacial score (nSPS) is 25.9. The van der Waals surface area contributed by atoms with E-state index in [1.165, 1.54) is 4.90 Å². The van der Waals surface area contributed by atoms with Gasteiger partial charge >= 0.3 is 12.1 Å². The molecular weight excluding hydrogens is 234 g/mol. The van der Waals surface area contributed by atoms with E-state index >= 15 is 0 Å². The van der Waals surface area contributed by atoms with Gasteiger partial charge in [-0.2, -0.15) is 0 Å². The molecule has 102 valence electrons. The summed E-state index contributed by atoms with van der Waals surface area (Å²) in [4.78, 5) is 24.7. The Kier molecular flexibility index (Phi) is 3.03. The zero-order valence-corrected chi connectivity index (χ0v) is 11.2. The van der Waals surface area contributed by atoms with Gasteiger partial charge in [0.25, 0.3) is 0 Å². The van der Waals surface area contributed by atoms with Crippen molar-refractivity contribution in [3.05, 3.63) is 0 Å². The molecule has 2 aliphatic rings. The third-order valence-corrected chi connectivity index (χ3v) is 3.84. The topological polar surface area (TPSA) is 66.8 Å². The minimum Gasteiger partial charge on any atom is -0.480 e. The number of amides is 1. The summed E-state index contributed by atoms with van der Waals surface area (Å²) in [7, 11) is 0. The van der Waals surface area contributed by atoms with E-state index in [1.807, 2.05) is 0 Å². The maximum absolute atomic E-state index is 11.9. The van der Waals surface area contributed by atoms with Crippen LogP contribution in [0.3, 0.4) is 0 Å². The van der Waals surface area contributed by atoms with Crippen LogP contribution in [0.1, 0.15) is 46.5 Å². The maximum Gasteiger partial charge on any atom is 0.411 e. The molecule has 0 aromatic rings. The van der Waals surface area contributed by atoms with E-state index in [9.17, 15) is 14.7 Å². The molecule has 2 rings (SSSR count). The zero-order valence-electron chi connectivity index (χ0n) is 11.2. The van der Waals surface area contributed by atoms with Gasteiger partial charge in [0.05, 0.1) is 0 Å². The highest BCUT2D eigenvalue weighted by Gasteiger charge is 2.59. The van der Waals surface area contributed by atoms with Gasteiger partial charge in [-0.25, -0.2) is 9.59 Å². The molecule has 18 heavy (non-hydrogen) atoms. The van der Waals surface area contributed by atoms with Crippen molar-refractivity contribution in [2.45, 2.75) is 58.1 Å². The Bertz CT molecular complexity index is 366. The number of carboxylic acid groups (broad SMARTS) is 1. The molecule has 1 unspecified atom stereocenters. The molecule has 1 aliphatic heterocycles. The van der Waals surface area contributed by atoms with Crippen molar-refractivity contribution >= 4 is 12.1 Å². The van der Waals surface area contributed by atoms with Gasteiger partial charge in [0.15, 0.2) is 0 Å². The average Bonchev–Trinajstić information content (AvgIpc) is 2.60. The number of carboxylic acids is 1. The second kappa shape index (κ2) is 4.14. The summed E-state index contributed by atoms with van der Waals surface area (Å²) in [5.41, 5.74) is -0.776. The van der Waals surface area contributed by atoms with Crippen LogP contribution >= 0.6 is 0 Å². The summed E-state index contributed by atoms with van der Waals surface area (Å²) in [6.45, 7) is 5.88. The molecule has 1 spiro atoms. The van der Waals surface area contributed by atoms with Crippen LogP contribution in [0.5, 0.6) is 0 Å². The predicted molar refractivity (Wildman–Crippen MR) is 65.3 cm³/mol. The number of rotatable bonds is 1. The lowest BCUT2D eigenvalue weighted by molar-refractivity contribution is -0.162. The van der Waals surface area contributed by atoms with E-state index < -0.39 is 23.7 Å². The van der Waals surface area contributed by atoms with E-state index in [1.54, 1.807) is 20.8 Å². The van der Waals surface area contributed by atoms with Gasteiger partial charge in [0, 0.05) is 12.0 Å². The lowest BCUT2D eigenvalue weighted by atomic mass is 9.70. The second-order valence-electron chi connectivity index (χ2n) is 6.42. The maximum atomic E-state index is 11.9. The Morgan fingerprint density at radius 2 is 1.83 bits per heavy atom. The first-order valence-electron chi connectivity index (χ1n) is 6.48. The summed E-state index contributed by atoms with van der Waals surface area (Å²) in [5.74, 6) is -0.908. The molecule has 1 aliphatic carbocycles. The van der Waals surface area contributed by atoms with Crippen molar-refractivity contribution in [2.75, 3.05) is 6.54 Å². The fraction of sp³-hybridized carbons (Fsp3) is 0.846. The molecule has 1 heterocycles. The van der Waals surface area contributed by atoms with Gasteiger partial charge in [-0.3, -0.25) is 4.90 Å². The number of hydrogen-bond acceptors (Lipinski definition) is 3. The summed E-state index contributed by atoms with van der Waals surface area (Å²) < 4.78 is 5.25. The highest BCUT2D eigenvalue weighted by molar-refractivity contribution is 5.83. The summed E-state index contributed by atoms with van der Waals surface area (Å²) in [5, 5.41) is 9.33. The van der Waals surface area contributed by atoms with Crippen LogP contribution < -0.4 is 0 Å². The van der Waals surface area contributed by atoms with Crippen LogP contribution in [0.25, 0.3) is 0 Å². The Labute approximate surface area is 107 Å². The van der Waals surface area contributed by atoms with Gasteiger partial charge in [0.1, 0.15) is 11.6 Å². The first-order valence-corrected chi connectivity index (χ1v) is 6.48. The van der Waals surface area contributed by atoms with Crippen molar-refractivity contribution in [1.82, 2.24) is 4.90 Å². The van der Waals surface area contributed by atoms with Crippen LogP contribution in [-0.2, 0) is 9.53 Å². The molecule has 2 fully saturated rings. The number of likely N-dealkylation sites (tertiary alicyclic amines) is 1. The molecule has 1 saturated carbocycles. The van der Waals surface area contributed by atoms with Gasteiger partial charge in [-0.1, -0.05) is 12.8 Å². The van der Waals surface area contributed by atoms with E-state index in [0.29, 0.717) is 6.54 Å². The molecule has 1 amide bonds. The lowest BCUT2D eigenvalue weighted by Gasteiger charge is -2.53. The molecule has 0 radical (unpaired) electrons. The molecular formula is C13H21NO4. The molecule has 1 N–H and O–H groups in total. The zero-order chi connectivity index (χ0) is 13.6. The predicted octanol–water partition coefficient (Wildman–Crippen LogP) is 2.25. The van der Waals surface area contributed by atoms with Gasteiger partial charge in [-0.15, -0.1) is 0 Å². The summed E-state index contributed by atoms with van der Waals surface area (Å²) >= 11 is 0. The third kappa shape index (κ3) is 2.18. The van der Waals surface area contributed by atoms with E-state index in [4.69, 9.17) is 4.74 Å². The summed E-state index contributed by atoms with van der Waals surface area (Å²) in [6, 6.07) is -0.699. The smallest absolute Gasteiger partial charge is 0.411 e. The van der Waals surface area contributed by atoms with E-state index in [-0.39, 0.29) is 5.41 Å². The number of carbonyl (C=O) groups is 2. The molecule has 0 bridgehead atoms. The molecule has 5 nitrogen and oxygen atoms in total. The Hall–Kier alpha value is -1.26. The molecule has 1 atom stereocenters. The van der Waals surface area contributed by atoms with E-state index in [2.05, 4.69) is 0 Å². The minimum atomic E-state index is -0.908. The SMILES string of the molecule is CC(C)(C)OC(=O)N1CC2(CCCC2)C1C(=O)O. The average molecular weight is 255 g/mol. The van der Waals surface area contributed by atoms with Crippen molar-refractivity contribution < 1.29 is 19.4 Å². The van der Waals surface area contributed by atoms with Gasteiger partial charge < -0.3 is 9.84 Å². The monoisotopic (exact) mass is 255 g/mol. The van der Waals surface area contributed by atoms with Crippen LogP contribution in [0.2, 0.25) is 0 Å². The first-order chi connectivity index (χ1) is 8.25. The Morgan fingerprint density at radius 1 is 1.28 bits per heavy atom. The quantitative estimate of drug-likeness (QED) is 0.780. The van der Waals surface area contributed by atoms with Gasteiger partial charge in [0.2, 0.25) is 0 Å². The van der Waals surface area contributed by atoms with Crippen molar-refractivity contribution in [2.24, 2.45) is 5.41 Å². The molecule has 1 saturated heterocycles. The summed E-state index contributed by atoms with van der Waals surface area (Å²) in [6.07, 6.45) is 3.43. The lowest BCUT2D eigenvalue weighted by Crippen LogP contribution is -2.68. The number of aliphatic carboxylic acids is 1. The van der Waals surface area contributed by atoms with Crippen LogP contribution in [-0.4, -0.2) is 40.3 Å². The van der Waals surface area contributed by atoms with Crippen molar-refractivity contribution in [3.8, 4) is 0 Å². The number of carbonyl (C=O) groups excluding carboxylic acids is 1. The third-order valence-electron chi connectivity index (χ3n) is 3.84. The molecule has 0 aromatic heterocycles. The fourth-order valence-electron chi connectivity index (χ4n) is 3.13. The largest absolute Gasteiger partial charge is 0.480 e. The Balaban J connectivity index is 2.07. The molecule has 0 aromatic carbocycles. The standard InChI is InChI=1S/C13H21NO4/c1-12(2,3)18-11(17)14-8-13(6-4-5-7-13)9(14)10(15)16/h9H,4-8H2,1-3H3,(H,15,16). The first kappa shape index (κ1) is 13.2. The minimum absolute atomic E-state index is 0.192. The highest BCUT2D eigenvalue weighted by atomic mass is 16.6. The number of nitrogens with zero attached hydrogens (tertiary/aromatic N) is 1. The van der Waals surface area contributed by atoms with Crippen LogP contribution in [0, 0.1) is 5.41 Å². The second-order valence-corrected chi connectivity index (χ2v) is 6.42. The highest BCUT2D eigenvalue weighted by Crippen LogP contribution is 2.50. The van der Waals surface area contributed by atoms with Gasteiger partial charge in [-0.05, 0) is 33.6 Å². The Morgan fingerprint density at radius 3 is 2.28 bits per heavy atom. The van der Waals surface area contributed by atoms with E-state index in [0.717, 1.165) is 25.7 Å². The van der Waals surface area contributed by atoms with Crippen molar-refractivity contribution in [1.29, 1.82) is 0 Å². The fourth-order valence-corrected chi connectivity index (χ4v) is 3.13. The van der Waals surface area contributed by atoms with Crippen LogP contribution in [0.4, 0.5) is 4.79 Å². The number of ether oxygens (including phenoxy) is 1.